The van der Waals surface area contributed by atoms with Gasteiger partial charge in [-0.15, -0.1) is 0 Å². The van der Waals surface area contributed by atoms with Crippen LogP contribution in [-0.4, -0.2) is 59.4 Å². The van der Waals surface area contributed by atoms with Gasteiger partial charge >= 0.3 is 0 Å². The topological polar surface area (TPSA) is 100 Å². The fourth-order valence-electron chi connectivity index (χ4n) is 3.51. The van der Waals surface area contributed by atoms with Crippen molar-refractivity contribution in [3.63, 3.8) is 0 Å². The monoisotopic (exact) mass is 391 g/mol. The Morgan fingerprint density at radius 1 is 1.10 bits per heavy atom. The molecule has 0 spiro atoms. The predicted octanol–water partition coefficient (Wildman–Crippen LogP) is 1.03. The second-order valence-electron chi connectivity index (χ2n) is 6.75. The third-order valence-corrected chi connectivity index (χ3v) is 5.07. The lowest BCUT2D eigenvalue weighted by Gasteiger charge is -2.36. The summed E-state index contributed by atoms with van der Waals surface area (Å²) in [6.07, 6.45) is 4.71. The number of anilines is 2. The van der Waals surface area contributed by atoms with Gasteiger partial charge in [-0.05, 0) is 18.2 Å². The van der Waals surface area contributed by atoms with E-state index < -0.39 is 0 Å². The SMILES string of the molecule is COCCn1cnc2cc(N3CCN(c4nccnc4C#N)CC3)ccc2c1=O. The molecule has 148 valence electrons. The molecule has 0 amide bonds. The minimum Gasteiger partial charge on any atom is -0.383 e. The molecule has 1 fully saturated rings. The highest BCUT2D eigenvalue weighted by Crippen LogP contribution is 2.22. The van der Waals surface area contributed by atoms with Crippen molar-refractivity contribution < 1.29 is 4.74 Å². The van der Waals surface area contributed by atoms with Crippen LogP contribution in [0.1, 0.15) is 5.69 Å². The quantitative estimate of drug-likeness (QED) is 0.636. The molecule has 29 heavy (non-hydrogen) atoms. The highest BCUT2D eigenvalue weighted by molar-refractivity contribution is 5.81. The number of methoxy groups -OCH3 is 1. The Balaban J connectivity index is 1.51. The van der Waals surface area contributed by atoms with Gasteiger partial charge in [0, 0.05) is 51.4 Å². The van der Waals surface area contributed by atoms with Crippen LogP contribution >= 0.6 is 0 Å². The fourth-order valence-corrected chi connectivity index (χ4v) is 3.51. The van der Waals surface area contributed by atoms with Gasteiger partial charge in [0.25, 0.3) is 5.56 Å². The smallest absolute Gasteiger partial charge is 0.261 e. The minimum atomic E-state index is -0.0601. The van der Waals surface area contributed by atoms with E-state index in [9.17, 15) is 10.1 Å². The van der Waals surface area contributed by atoms with E-state index in [0.29, 0.717) is 35.6 Å². The molecular formula is C20H21N7O2. The Morgan fingerprint density at radius 2 is 1.86 bits per heavy atom. The predicted molar refractivity (Wildman–Crippen MR) is 109 cm³/mol. The molecule has 0 aliphatic carbocycles. The van der Waals surface area contributed by atoms with Crippen molar-refractivity contribution in [2.24, 2.45) is 0 Å². The molecule has 0 saturated carbocycles. The number of hydrogen-bond acceptors (Lipinski definition) is 8. The van der Waals surface area contributed by atoms with Gasteiger partial charge < -0.3 is 14.5 Å². The third kappa shape index (κ3) is 3.75. The van der Waals surface area contributed by atoms with Crippen LogP contribution in [0, 0.1) is 11.3 Å². The molecule has 0 bridgehead atoms. The van der Waals surface area contributed by atoms with Gasteiger partial charge in [-0.1, -0.05) is 0 Å². The van der Waals surface area contributed by atoms with Gasteiger partial charge in [0.15, 0.2) is 11.5 Å². The van der Waals surface area contributed by atoms with Crippen LogP contribution in [0.3, 0.4) is 0 Å². The molecule has 0 N–H and O–H groups in total. The van der Waals surface area contributed by atoms with E-state index in [1.165, 1.54) is 6.20 Å². The van der Waals surface area contributed by atoms with E-state index in [-0.39, 0.29) is 5.56 Å². The van der Waals surface area contributed by atoms with E-state index >= 15 is 0 Å². The first-order valence-electron chi connectivity index (χ1n) is 9.40. The van der Waals surface area contributed by atoms with E-state index in [4.69, 9.17) is 4.74 Å². The third-order valence-electron chi connectivity index (χ3n) is 5.07. The van der Waals surface area contributed by atoms with Crippen molar-refractivity contribution >= 4 is 22.4 Å². The van der Waals surface area contributed by atoms with E-state index in [0.717, 1.165) is 31.9 Å². The summed E-state index contributed by atoms with van der Waals surface area (Å²) in [7, 11) is 1.61. The maximum atomic E-state index is 12.6. The molecule has 3 aromatic rings. The number of fused-ring (bicyclic) bond motifs is 1. The van der Waals surface area contributed by atoms with Crippen LogP contribution in [0.4, 0.5) is 11.5 Å². The van der Waals surface area contributed by atoms with Gasteiger partial charge in [-0.2, -0.15) is 5.26 Å². The Morgan fingerprint density at radius 3 is 2.62 bits per heavy atom. The summed E-state index contributed by atoms with van der Waals surface area (Å²) in [5.74, 6) is 0.631. The first kappa shape index (κ1) is 18.8. The molecule has 9 heteroatoms. The summed E-state index contributed by atoms with van der Waals surface area (Å²) in [6.45, 7) is 3.97. The summed E-state index contributed by atoms with van der Waals surface area (Å²) >= 11 is 0. The van der Waals surface area contributed by atoms with Crippen LogP contribution < -0.4 is 15.4 Å². The average Bonchev–Trinajstić information content (AvgIpc) is 2.78. The van der Waals surface area contributed by atoms with Gasteiger partial charge in [0.05, 0.1) is 30.4 Å². The Hall–Kier alpha value is -3.51. The molecule has 3 heterocycles. The Kier molecular flexibility index (Phi) is 5.35. The van der Waals surface area contributed by atoms with Gasteiger partial charge in [0.2, 0.25) is 0 Å². The number of nitriles is 1. The second kappa shape index (κ2) is 8.24. The number of aromatic nitrogens is 4. The molecule has 1 saturated heterocycles. The zero-order valence-corrected chi connectivity index (χ0v) is 16.2. The molecule has 1 aliphatic rings. The average molecular weight is 391 g/mol. The Bertz CT molecular complexity index is 1110. The van der Waals surface area contributed by atoms with Crippen molar-refractivity contribution in [3.8, 4) is 6.07 Å². The lowest BCUT2D eigenvalue weighted by Crippen LogP contribution is -2.47. The first-order chi connectivity index (χ1) is 14.2. The van der Waals surface area contributed by atoms with Crippen molar-refractivity contribution in [2.75, 3.05) is 49.7 Å². The summed E-state index contributed by atoms with van der Waals surface area (Å²) in [5.41, 5.74) is 2.00. The normalized spacial score (nSPS) is 14.2. The zero-order valence-electron chi connectivity index (χ0n) is 16.2. The summed E-state index contributed by atoms with van der Waals surface area (Å²) in [6, 6.07) is 7.86. The van der Waals surface area contributed by atoms with E-state index in [2.05, 4.69) is 30.8 Å². The molecule has 0 atom stereocenters. The van der Waals surface area contributed by atoms with Gasteiger partial charge in [-0.3, -0.25) is 9.36 Å². The van der Waals surface area contributed by atoms with Crippen molar-refractivity contribution in [2.45, 2.75) is 6.54 Å². The highest BCUT2D eigenvalue weighted by Gasteiger charge is 2.21. The molecule has 2 aromatic heterocycles. The van der Waals surface area contributed by atoms with E-state index in [1.807, 2.05) is 18.2 Å². The Labute approximate surface area is 167 Å². The number of piperazine rings is 1. The minimum absolute atomic E-state index is 0.0601. The molecule has 4 rings (SSSR count). The number of ether oxygens (including phenoxy) is 1. The number of nitrogens with zero attached hydrogens (tertiary/aromatic N) is 7. The van der Waals surface area contributed by atoms with Crippen LogP contribution in [0.15, 0.2) is 41.7 Å². The molecule has 0 unspecified atom stereocenters. The molecular weight excluding hydrogens is 370 g/mol. The standard InChI is InChI=1S/C20H21N7O2/c1-29-11-10-27-14-24-17-12-15(2-3-16(17)20(27)28)25-6-8-26(9-7-25)19-18(13-21)22-4-5-23-19/h2-5,12,14H,6-11H2,1H3. The van der Waals surface area contributed by atoms with Crippen molar-refractivity contribution in [1.82, 2.24) is 19.5 Å². The van der Waals surface area contributed by atoms with Gasteiger partial charge in [0.1, 0.15) is 6.07 Å². The number of rotatable bonds is 5. The fraction of sp³-hybridized carbons (Fsp3) is 0.350. The van der Waals surface area contributed by atoms with Crippen LogP contribution in [0.25, 0.3) is 10.9 Å². The van der Waals surface area contributed by atoms with Crippen LogP contribution in [0.2, 0.25) is 0 Å². The lowest BCUT2D eigenvalue weighted by atomic mass is 10.2. The van der Waals surface area contributed by atoms with Crippen LogP contribution in [0.5, 0.6) is 0 Å². The summed E-state index contributed by atoms with van der Waals surface area (Å²) < 4.78 is 6.61. The molecule has 0 radical (unpaired) electrons. The largest absolute Gasteiger partial charge is 0.383 e. The van der Waals surface area contributed by atoms with E-state index in [1.54, 1.807) is 24.2 Å². The number of hydrogen-bond donors (Lipinski definition) is 0. The maximum Gasteiger partial charge on any atom is 0.261 e. The van der Waals surface area contributed by atoms with Crippen LogP contribution in [-0.2, 0) is 11.3 Å². The maximum absolute atomic E-state index is 12.6. The first-order valence-corrected chi connectivity index (χ1v) is 9.40. The van der Waals surface area contributed by atoms with Crippen molar-refractivity contribution in [3.05, 3.63) is 53.0 Å². The number of benzene rings is 1. The molecule has 1 aliphatic heterocycles. The second-order valence-corrected chi connectivity index (χ2v) is 6.75. The van der Waals surface area contributed by atoms with Gasteiger partial charge in [-0.25, -0.2) is 15.0 Å². The molecule has 1 aromatic carbocycles. The zero-order chi connectivity index (χ0) is 20.2. The summed E-state index contributed by atoms with van der Waals surface area (Å²) in [4.78, 5) is 29.8. The highest BCUT2D eigenvalue weighted by atomic mass is 16.5. The molecule has 9 nitrogen and oxygen atoms in total. The van der Waals surface area contributed by atoms with Crippen molar-refractivity contribution in [1.29, 1.82) is 5.26 Å². The summed E-state index contributed by atoms with van der Waals surface area (Å²) in [5, 5.41) is 9.84. The lowest BCUT2D eigenvalue weighted by molar-refractivity contribution is 0.186.